The average molecular weight is 6230 g/mol. The first kappa shape index (κ1) is 474. The number of hydrogen-bond acceptors (Lipinski definition) is 2. The fourth-order valence-electron chi connectivity index (χ4n) is 1.21. The van der Waals surface area contributed by atoms with Crippen LogP contribution in [0.25, 0.3) is 0 Å². The van der Waals surface area contributed by atoms with Gasteiger partial charge in [0.2, 0.25) is 0 Å². The van der Waals surface area contributed by atoms with Gasteiger partial charge in [0.1, 0.15) is 0 Å². The molecule has 1 aromatic heterocycles. The Hall–Kier alpha value is 73.2. The largest absolute Gasteiger partial charge is 0.369 e. The van der Waals surface area contributed by atoms with E-state index in [9.17, 15) is 0 Å². The van der Waals surface area contributed by atoms with Crippen LogP contribution in [0, 0.1) is 12.1 Å². The summed E-state index contributed by atoms with van der Waals surface area (Å²) in [7, 11) is 1.95. The molecular formula is C12H10N2Y68-2. The molecule has 0 aliphatic carbocycles. The van der Waals surface area contributed by atoms with E-state index in [0.29, 0.717) is 0 Å². The predicted octanol–water partition coefficient (Wildman–Crippen LogP) is 2.28. The third-order valence-corrected chi connectivity index (χ3v) is 1.96. The minimum Gasteiger partial charge on any atom is -0.369 e. The van der Waals surface area contributed by atoms with Gasteiger partial charge in [-0.3, -0.25) is 4.98 Å². The molecule has 82 heavy (non-hydrogen) atoms. The SMILES string of the molecule is CN(c1[c-]cccc1)c1[c-]cccn1.[Y].[Y].[Y].[Y].[Y].[Y].[Y].[Y].[Y].[Y].[Y].[Y].[Y].[Y].[Y].[Y].[Y].[Y].[Y].[Y].[Y].[Y].[Y].[Y].[Y].[Y].[Y].[Y].[Y].[Y].[Y].[Y].[Y].[Y].[Y].[Y].[Y].[Y].[Y].[Y].[Y].[Y].[Y].[Y].[Y].[Y].[Y].[Y].[Y].[Y].[Y].[Y].[Y].[Y].[Y].[Y].[Y].[Y].[Y].[Y].[Y].[Y].[Y].[Y].[Y].[Y].[Y].[Y]. The standard InChI is InChI=1S/C12H10N2.68Y/c1-14(11-7-3-2-4-8-11)12-9-5-6-10-13-12;;;;;;;;;;;;;;;;;;;;;;;;;;;;;;;;;;;;;;;;;;;;;;;;;;;;;;;;;;;;;;;;;;;;/h2-7,10H,1H3;;;;;;;;;;;;;;;;;;;;;;;;;;;;;;;;;;;;;;;;;;;;;;;;;;;;;;;;;;;;;;;;;;;;/q-2;;;;;;;;;;;;;;;;;;;;;;;;;;;;;;;;;;;;;;;;;;;;;;;;;;;;;;;;;;;;;;;;;;;;. The van der Waals surface area contributed by atoms with Crippen LogP contribution in [0.2, 0.25) is 0 Å². The molecule has 0 atom stereocenters. The van der Waals surface area contributed by atoms with Gasteiger partial charge in [0, 0.05) is 2240 Å². The summed E-state index contributed by atoms with van der Waals surface area (Å²) in [5.41, 5.74) is 0.988. The smallest absolute Gasteiger partial charge is 0.0359 e. The summed E-state index contributed by atoms with van der Waals surface area (Å²) in [6.45, 7) is 0. The van der Waals surface area contributed by atoms with Crippen LogP contribution in [0.4, 0.5) is 11.5 Å². The van der Waals surface area contributed by atoms with Gasteiger partial charge in [0.15, 0.2) is 0 Å². The minimum atomic E-state index is 0. The van der Waals surface area contributed by atoms with Gasteiger partial charge >= 0.3 is 0 Å². The number of anilines is 2. The molecule has 2 rings (SSSR count). The Bertz CT molecular complexity index is 398. The topological polar surface area (TPSA) is 16.1 Å². The number of hydrogen-bond donors (Lipinski definition) is 0. The van der Waals surface area contributed by atoms with Gasteiger partial charge in [-0.15, -0.1) is 6.07 Å². The van der Waals surface area contributed by atoms with Crippen LogP contribution in [-0.4, -0.2) is 12.0 Å². The van der Waals surface area contributed by atoms with E-state index in [2.05, 4.69) is 17.1 Å². The number of pyridine rings is 1. The molecule has 0 spiro atoms. The summed E-state index contributed by atoms with van der Waals surface area (Å²) in [5.74, 6) is 0.801. The Morgan fingerprint density at radius 1 is 0.207 bits per heavy atom. The molecule has 1 heterocycles. The maximum atomic E-state index is 4.21. The predicted molar refractivity (Wildman–Crippen MR) is 56.4 cm³/mol. The second-order valence-corrected chi connectivity index (χ2v) is 2.91. The number of para-hydroxylation sites is 1. The quantitative estimate of drug-likeness (QED) is 0.430. The van der Waals surface area contributed by atoms with Gasteiger partial charge in [-0.05, 0) is 0 Å². The van der Waals surface area contributed by atoms with E-state index < -0.39 is 0 Å². The van der Waals surface area contributed by atoms with Crippen molar-refractivity contribution in [3.8, 4) is 0 Å². The summed E-state index contributed by atoms with van der Waals surface area (Å²) < 4.78 is 0. The monoisotopic (exact) mass is 6230 g/mol. The van der Waals surface area contributed by atoms with E-state index >= 15 is 0 Å². The van der Waals surface area contributed by atoms with Crippen molar-refractivity contribution in [2.75, 3.05) is 11.9 Å². The molecule has 274 valence electrons. The van der Waals surface area contributed by atoms with Crippen molar-refractivity contribution in [1.29, 1.82) is 0 Å². The Morgan fingerprint density at radius 2 is 0.354 bits per heavy atom. The van der Waals surface area contributed by atoms with Crippen molar-refractivity contribution in [3.05, 3.63) is 54.7 Å². The maximum Gasteiger partial charge on any atom is 0.0359 e. The molecule has 2 aromatic rings. The molecule has 1 aromatic carbocycles. The molecule has 70 heteroatoms. The summed E-state index contributed by atoms with van der Waals surface area (Å²) in [5, 5.41) is 0. The second kappa shape index (κ2) is 426. The van der Waals surface area contributed by atoms with Crippen molar-refractivity contribution in [2.24, 2.45) is 0 Å². The number of nitrogens with zero attached hydrogens (tertiary/aromatic N) is 2. The zero-order chi connectivity index (χ0) is 9.80. The van der Waals surface area contributed by atoms with Crippen molar-refractivity contribution in [3.63, 3.8) is 0 Å². The van der Waals surface area contributed by atoms with Crippen molar-refractivity contribution >= 4 is 11.5 Å². The van der Waals surface area contributed by atoms with Gasteiger partial charge in [-0.1, -0.05) is 11.9 Å². The zero-order valence-electron chi connectivity index (χ0n) is 47.2. The fraction of sp³-hybridized carbons (Fsp3) is 0.0833. The van der Waals surface area contributed by atoms with E-state index in [0.717, 1.165) is 11.5 Å². The van der Waals surface area contributed by atoms with Gasteiger partial charge in [-0.25, -0.2) is 12.1 Å². The second-order valence-electron chi connectivity index (χ2n) is 2.91. The van der Waals surface area contributed by atoms with E-state index in [1.54, 1.807) is 6.20 Å². The molecule has 0 saturated heterocycles. The minimum absolute atomic E-state index is 0. The van der Waals surface area contributed by atoms with Gasteiger partial charge in [0.05, 0.1) is 0 Å². The van der Waals surface area contributed by atoms with Crippen molar-refractivity contribution in [1.82, 2.24) is 4.98 Å². The van der Waals surface area contributed by atoms with Crippen LogP contribution in [-0.2, 0) is 2220 Å². The van der Waals surface area contributed by atoms with Crippen LogP contribution >= 0.6 is 0 Å². The van der Waals surface area contributed by atoms with E-state index in [4.69, 9.17) is 0 Å². The molecule has 0 bridgehead atoms. The third-order valence-electron chi connectivity index (χ3n) is 1.96. The molecule has 2 nitrogen and oxygen atoms in total. The molecular weight excluding hydrogens is 6220 g/mol. The molecule has 0 aliphatic heterocycles. The molecule has 0 amide bonds. The van der Waals surface area contributed by atoms with Crippen LogP contribution in [0.5, 0.6) is 0 Å². The normalized spacial score (nSPS) is 1.67. The first-order valence-corrected chi connectivity index (χ1v) is 4.41. The summed E-state index contributed by atoms with van der Waals surface area (Å²) in [6, 6.07) is 17.7. The Kier molecular flexibility index (Phi) is 2460. The van der Waals surface area contributed by atoms with Crippen LogP contribution < -0.4 is 4.90 Å². The summed E-state index contributed by atoms with van der Waals surface area (Å²) in [6.07, 6.45) is 1.76. The van der Waals surface area contributed by atoms with Gasteiger partial charge in [-0.2, -0.15) is 30.3 Å². The van der Waals surface area contributed by atoms with E-state index in [1.807, 2.05) is 48.3 Å². The molecule has 0 unspecified atom stereocenters. The molecule has 68 radical (unpaired) electrons. The third kappa shape index (κ3) is 376. The number of benzene rings is 1. The summed E-state index contributed by atoms with van der Waals surface area (Å²) >= 11 is 0. The van der Waals surface area contributed by atoms with E-state index in [1.165, 1.54) is 0 Å². The van der Waals surface area contributed by atoms with Crippen LogP contribution in [0.15, 0.2) is 42.6 Å². The molecule has 0 aliphatic rings. The number of aromatic nitrogens is 1. The number of rotatable bonds is 2. The van der Waals surface area contributed by atoms with Gasteiger partial charge < -0.3 is 4.90 Å². The maximum absolute atomic E-state index is 4.21. The Morgan fingerprint density at radius 3 is 0.463 bits per heavy atom. The first-order valence-electron chi connectivity index (χ1n) is 4.41. The average Bonchev–Trinajstić information content (AvgIpc) is 2.30. The van der Waals surface area contributed by atoms with Crippen LogP contribution in [0.3, 0.4) is 0 Å². The van der Waals surface area contributed by atoms with Crippen molar-refractivity contribution < 1.29 is 2220 Å². The first-order chi connectivity index (χ1) is 6.88. The van der Waals surface area contributed by atoms with Crippen LogP contribution in [0.1, 0.15) is 0 Å². The molecule has 0 N–H and O–H groups in total. The van der Waals surface area contributed by atoms with E-state index in [-0.39, 0.29) is 2220 Å². The fourth-order valence-corrected chi connectivity index (χ4v) is 1.21. The Balaban J connectivity index is -0.000000000509. The molecule has 0 saturated carbocycles. The molecule has 0 fully saturated rings. The zero-order valence-corrected chi connectivity index (χ0v) is 240. The van der Waals surface area contributed by atoms with Gasteiger partial charge in [0.25, 0.3) is 0 Å². The van der Waals surface area contributed by atoms with Crippen molar-refractivity contribution in [2.45, 2.75) is 0 Å². The Labute approximate surface area is 2220 Å². The summed E-state index contributed by atoms with van der Waals surface area (Å²) in [4.78, 5) is 6.15.